The molecule has 1 aliphatic heterocycles. The van der Waals surface area contributed by atoms with E-state index in [1.54, 1.807) is 18.2 Å². The van der Waals surface area contributed by atoms with E-state index in [2.05, 4.69) is 0 Å². The zero-order chi connectivity index (χ0) is 15.6. The van der Waals surface area contributed by atoms with Gasteiger partial charge in [0, 0.05) is 7.05 Å². The Morgan fingerprint density at radius 2 is 2.14 bits per heavy atom. The number of nitrogens with zero attached hydrogens (tertiary/aromatic N) is 1. The molecule has 21 heavy (non-hydrogen) atoms. The standard InChI is InChI=1S/C15H16ClNO3S/c1-4-9(2)20-12-6-5-10(7-11(12)16)8-13-14(18)17(3)15(19)21-13/h5-9H,4H2,1-3H3/b13-8+. The number of hydrogen-bond donors (Lipinski definition) is 0. The van der Waals surface area contributed by atoms with Crippen LogP contribution in [0.3, 0.4) is 0 Å². The lowest BCUT2D eigenvalue weighted by atomic mass is 10.2. The number of thioether (sulfide) groups is 1. The zero-order valence-electron chi connectivity index (χ0n) is 12.1. The molecule has 1 fully saturated rings. The summed E-state index contributed by atoms with van der Waals surface area (Å²) in [5.41, 5.74) is 0.760. The van der Waals surface area contributed by atoms with Crippen molar-refractivity contribution >= 4 is 40.6 Å². The molecule has 1 heterocycles. The molecule has 1 aromatic carbocycles. The fourth-order valence-corrected chi connectivity index (χ4v) is 2.76. The van der Waals surface area contributed by atoms with Crippen molar-refractivity contribution in [1.82, 2.24) is 4.90 Å². The van der Waals surface area contributed by atoms with Crippen LogP contribution in [0.5, 0.6) is 5.75 Å². The maximum atomic E-state index is 11.8. The first-order valence-corrected chi connectivity index (χ1v) is 7.79. The number of carbonyl (C=O) groups is 2. The first-order chi connectivity index (χ1) is 9.92. The minimum atomic E-state index is -0.291. The molecule has 0 bridgehead atoms. The minimum absolute atomic E-state index is 0.0879. The fraction of sp³-hybridized carbons (Fsp3) is 0.333. The summed E-state index contributed by atoms with van der Waals surface area (Å²) in [6, 6.07) is 5.31. The van der Waals surface area contributed by atoms with Crippen molar-refractivity contribution in [2.24, 2.45) is 0 Å². The average molecular weight is 326 g/mol. The number of rotatable bonds is 4. The van der Waals surface area contributed by atoms with Crippen molar-refractivity contribution in [3.05, 3.63) is 33.7 Å². The summed E-state index contributed by atoms with van der Waals surface area (Å²) in [4.78, 5) is 24.7. The van der Waals surface area contributed by atoms with E-state index in [0.717, 1.165) is 28.6 Å². The molecule has 0 N–H and O–H groups in total. The minimum Gasteiger partial charge on any atom is -0.489 e. The largest absolute Gasteiger partial charge is 0.489 e. The molecule has 6 heteroatoms. The van der Waals surface area contributed by atoms with Gasteiger partial charge in [-0.3, -0.25) is 14.5 Å². The molecule has 0 spiro atoms. The maximum absolute atomic E-state index is 11.8. The lowest BCUT2D eigenvalue weighted by Gasteiger charge is -2.14. The van der Waals surface area contributed by atoms with Crippen molar-refractivity contribution in [3.8, 4) is 5.75 Å². The predicted molar refractivity (Wildman–Crippen MR) is 85.6 cm³/mol. The molecule has 0 radical (unpaired) electrons. The van der Waals surface area contributed by atoms with Crippen LogP contribution in [0.2, 0.25) is 5.02 Å². The lowest BCUT2D eigenvalue weighted by Crippen LogP contribution is -2.22. The number of carbonyl (C=O) groups excluding carboxylic acids is 2. The van der Waals surface area contributed by atoms with E-state index < -0.39 is 0 Å². The Morgan fingerprint density at radius 3 is 2.67 bits per heavy atom. The maximum Gasteiger partial charge on any atom is 0.293 e. The van der Waals surface area contributed by atoms with Crippen molar-refractivity contribution < 1.29 is 14.3 Å². The number of halogens is 1. The Balaban J connectivity index is 2.21. The molecular formula is C15H16ClNO3S. The molecule has 1 aromatic rings. The number of imide groups is 1. The van der Waals surface area contributed by atoms with Gasteiger partial charge in [-0.05, 0) is 48.9 Å². The Hall–Kier alpha value is -1.46. The fourth-order valence-electron chi connectivity index (χ4n) is 1.70. The van der Waals surface area contributed by atoms with Gasteiger partial charge in [0.2, 0.25) is 0 Å². The van der Waals surface area contributed by atoms with Crippen LogP contribution in [0.4, 0.5) is 4.79 Å². The van der Waals surface area contributed by atoms with Crippen molar-refractivity contribution in [3.63, 3.8) is 0 Å². The van der Waals surface area contributed by atoms with Crippen LogP contribution in [-0.4, -0.2) is 29.2 Å². The Bertz CT molecular complexity index is 615. The molecule has 1 saturated heterocycles. The number of hydrogen-bond acceptors (Lipinski definition) is 4. The Morgan fingerprint density at radius 1 is 1.43 bits per heavy atom. The van der Waals surface area contributed by atoms with E-state index in [1.165, 1.54) is 7.05 Å². The van der Waals surface area contributed by atoms with Gasteiger partial charge in [-0.25, -0.2) is 0 Å². The summed E-state index contributed by atoms with van der Waals surface area (Å²) in [6.45, 7) is 4.01. The van der Waals surface area contributed by atoms with Crippen LogP contribution in [0.1, 0.15) is 25.8 Å². The van der Waals surface area contributed by atoms with Crippen LogP contribution < -0.4 is 4.74 Å². The quantitative estimate of drug-likeness (QED) is 0.779. The van der Waals surface area contributed by atoms with Crippen LogP contribution in [0.15, 0.2) is 23.1 Å². The van der Waals surface area contributed by atoms with Gasteiger partial charge in [-0.15, -0.1) is 0 Å². The van der Waals surface area contributed by atoms with Gasteiger partial charge in [0.05, 0.1) is 16.0 Å². The van der Waals surface area contributed by atoms with Crippen molar-refractivity contribution in [2.75, 3.05) is 7.05 Å². The zero-order valence-corrected chi connectivity index (χ0v) is 13.6. The molecule has 0 aliphatic carbocycles. The average Bonchev–Trinajstić information content (AvgIpc) is 2.69. The summed E-state index contributed by atoms with van der Waals surface area (Å²) >= 11 is 7.11. The van der Waals surface area contributed by atoms with Crippen LogP contribution in [0.25, 0.3) is 6.08 Å². The summed E-state index contributed by atoms with van der Waals surface area (Å²) < 4.78 is 5.69. The van der Waals surface area contributed by atoms with E-state index in [-0.39, 0.29) is 17.3 Å². The second-order valence-electron chi connectivity index (χ2n) is 4.77. The van der Waals surface area contributed by atoms with Gasteiger partial charge in [0.1, 0.15) is 5.75 Å². The first-order valence-electron chi connectivity index (χ1n) is 6.60. The molecule has 2 amide bonds. The highest BCUT2D eigenvalue weighted by molar-refractivity contribution is 8.18. The van der Waals surface area contributed by atoms with Crippen LogP contribution in [-0.2, 0) is 4.79 Å². The van der Waals surface area contributed by atoms with Crippen molar-refractivity contribution in [2.45, 2.75) is 26.4 Å². The third kappa shape index (κ3) is 3.60. The lowest BCUT2D eigenvalue weighted by molar-refractivity contribution is -0.121. The SMILES string of the molecule is CCC(C)Oc1ccc(/C=C2/SC(=O)N(C)C2=O)cc1Cl. The molecule has 1 unspecified atom stereocenters. The van der Waals surface area contributed by atoms with Gasteiger partial charge in [0.15, 0.2) is 0 Å². The molecule has 0 saturated carbocycles. The van der Waals surface area contributed by atoms with Gasteiger partial charge >= 0.3 is 0 Å². The van der Waals surface area contributed by atoms with E-state index in [1.807, 2.05) is 19.9 Å². The van der Waals surface area contributed by atoms with Crippen LogP contribution in [0, 0.1) is 0 Å². The topological polar surface area (TPSA) is 46.6 Å². The van der Waals surface area contributed by atoms with Gasteiger partial charge in [-0.2, -0.15) is 0 Å². The van der Waals surface area contributed by atoms with Crippen LogP contribution >= 0.6 is 23.4 Å². The molecule has 112 valence electrons. The van der Waals surface area contributed by atoms with Crippen molar-refractivity contribution in [1.29, 1.82) is 0 Å². The normalized spacial score (nSPS) is 18.5. The van der Waals surface area contributed by atoms with E-state index in [9.17, 15) is 9.59 Å². The molecule has 1 atom stereocenters. The second kappa shape index (κ2) is 6.54. The van der Waals surface area contributed by atoms with Gasteiger partial charge in [0.25, 0.3) is 11.1 Å². The number of benzene rings is 1. The monoisotopic (exact) mass is 325 g/mol. The Kier molecular flexibility index (Phi) is 4.96. The third-order valence-corrected chi connectivity index (χ3v) is 4.40. The molecule has 0 aromatic heterocycles. The van der Waals surface area contributed by atoms with E-state index in [4.69, 9.17) is 16.3 Å². The second-order valence-corrected chi connectivity index (χ2v) is 6.17. The molecule has 4 nitrogen and oxygen atoms in total. The molecular weight excluding hydrogens is 310 g/mol. The molecule has 1 aliphatic rings. The van der Waals surface area contributed by atoms with E-state index >= 15 is 0 Å². The number of ether oxygens (including phenoxy) is 1. The Labute approximate surface area is 133 Å². The third-order valence-electron chi connectivity index (χ3n) is 3.14. The number of likely N-dealkylation sites (N-methyl/N-ethyl adjacent to an activating group) is 1. The highest BCUT2D eigenvalue weighted by Gasteiger charge is 2.31. The molecule has 2 rings (SSSR count). The summed E-state index contributed by atoms with van der Waals surface area (Å²) in [5.74, 6) is 0.327. The number of amides is 2. The summed E-state index contributed by atoms with van der Waals surface area (Å²) in [6.07, 6.45) is 2.64. The smallest absolute Gasteiger partial charge is 0.293 e. The van der Waals surface area contributed by atoms with Gasteiger partial charge in [-0.1, -0.05) is 24.6 Å². The summed E-state index contributed by atoms with van der Waals surface area (Å²) in [5, 5.41) is 0.217. The summed E-state index contributed by atoms with van der Waals surface area (Å²) in [7, 11) is 1.47. The highest BCUT2D eigenvalue weighted by atomic mass is 35.5. The predicted octanol–water partition coefficient (Wildman–Crippen LogP) is 4.18. The highest BCUT2D eigenvalue weighted by Crippen LogP contribution is 2.33. The first kappa shape index (κ1) is 15.9. The van der Waals surface area contributed by atoms with Gasteiger partial charge < -0.3 is 4.74 Å². The van der Waals surface area contributed by atoms with E-state index in [0.29, 0.717) is 15.7 Å².